The third-order valence-corrected chi connectivity index (χ3v) is 3.68. The van der Waals surface area contributed by atoms with Crippen molar-refractivity contribution in [1.29, 1.82) is 0 Å². The van der Waals surface area contributed by atoms with Crippen molar-refractivity contribution in [2.45, 2.75) is 6.42 Å². The zero-order chi connectivity index (χ0) is 10.4. The highest BCUT2D eigenvalue weighted by molar-refractivity contribution is 9.10. The van der Waals surface area contributed by atoms with Gasteiger partial charge in [-0.3, -0.25) is 0 Å². The third-order valence-electron chi connectivity index (χ3n) is 1.77. The molecule has 0 aliphatic heterocycles. The SMILES string of the molecule is CSCCCNc1ccc(Cl)c(Br)c1. The van der Waals surface area contributed by atoms with E-state index in [1.807, 2.05) is 30.0 Å². The predicted molar refractivity (Wildman–Crippen MR) is 70.6 cm³/mol. The third kappa shape index (κ3) is 4.11. The summed E-state index contributed by atoms with van der Waals surface area (Å²) in [5.41, 5.74) is 1.11. The minimum atomic E-state index is 0.750. The lowest BCUT2D eigenvalue weighted by Gasteiger charge is -2.06. The Bertz CT molecular complexity index is 293. The van der Waals surface area contributed by atoms with Crippen LogP contribution in [0.25, 0.3) is 0 Å². The van der Waals surface area contributed by atoms with Gasteiger partial charge < -0.3 is 5.32 Å². The molecule has 0 atom stereocenters. The molecule has 1 aromatic carbocycles. The van der Waals surface area contributed by atoms with Crippen LogP contribution in [0.4, 0.5) is 5.69 Å². The number of rotatable bonds is 5. The minimum Gasteiger partial charge on any atom is -0.385 e. The van der Waals surface area contributed by atoms with Crippen molar-refractivity contribution in [2.75, 3.05) is 23.9 Å². The second kappa shape index (κ2) is 6.59. The van der Waals surface area contributed by atoms with Crippen LogP contribution in [0, 0.1) is 0 Å². The first kappa shape index (κ1) is 12.2. The maximum absolute atomic E-state index is 5.89. The molecule has 0 saturated heterocycles. The lowest BCUT2D eigenvalue weighted by Crippen LogP contribution is -2.02. The summed E-state index contributed by atoms with van der Waals surface area (Å²) in [6, 6.07) is 5.89. The van der Waals surface area contributed by atoms with Crippen LogP contribution in [0.15, 0.2) is 22.7 Å². The molecular weight excluding hydrogens is 282 g/mol. The second-order valence-electron chi connectivity index (χ2n) is 2.90. The Morgan fingerprint density at radius 3 is 2.93 bits per heavy atom. The molecule has 0 bridgehead atoms. The lowest BCUT2D eigenvalue weighted by molar-refractivity contribution is 0.993. The molecule has 1 N–H and O–H groups in total. The maximum atomic E-state index is 5.89. The highest BCUT2D eigenvalue weighted by Crippen LogP contribution is 2.25. The van der Waals surface area contributed by atoms with E-state index in [4.69, 9.17) is 11.6 Å². The van der Waals surface area contributed by atoms with Gasteiger partial charge in [-0.1, -0.05) is 11.6 Å². The molecule has 78 valence electrons. The van der Waals surface area contributed by atoms with Crippen LogP contribution in [0.5, 0.6) is 0 Å². The molecule has 0 aromatic heterocycles. The van der Waals surface area contributed by atoms with Gasteiger partial charge in [0, 0.05) is 16.7 Å². The summed E-state index contributed by atoms with van der Waals surface area (Å²) in [4.78, 5) is 0. The van der Waals surface area contributed by atoms with Crippen molar-refractivity contribution in [2.24, 2.45) is 0 Å². The molecule has 1 rings (SSSR count). The van der Waals surface area contributed by atoms with Gasteiger partial charge in [-0.25, -0.2) is 0 Å². The molecular formula is C10H13BrClNS. The molecule has 4 heteroatoms. The maximum Gasteiger partial charge on any atom is 0.0549 e. The Labute approximate surface area is 103 Å². The number of anilines is 1. The van der Waals surface area contributed by atoms with Crippen LogP contribution in [-0.2, 0) is 0 Å². The Hall–Kier alpha value is 0.140. The van der Waals surface area contributed by atoms with E-state index in [-0.39, 0.29) is 0 Å². The number of halogens is 2. The normalized spacial score (nSPS) is 10.2. The van der Waals surface area contributed by atoms with Crippen molar-refractivity contribution in [1.82, 2.24) is 0 Å². The van der Waals surface area contributed by atoms with Gasteiger partial charge >= 0.3 is 0 Å². The van der Waals surface area contributed by atoms with E-state index in [0.29, 0.717) is 0 Å². The summed E-state index contributed by atoms with van der Waals surface area (Å²) in [5.74, 6) is 1.20. The van der Waals surface area contributed by atoms with E-state index >= 15 is 0 Å². The van der Waals surface area contributed by atoms with Crippen LogP contribution in [0.1, 0.15) is 6.42 Å². The van der Waals surface area contributed by atoms with Crippen molar-refractivity contribution >= 4 is 45.0 Å². The highest BCUT2D eigenvalue weighted by Gasteiger charge is 1.97. The number of thioether (sulfide) groups is 1. The molecule has 0 spiro atoms. The summed E-state index contributed by atoms with van der Waals surface area (Å²) < 4.78 is 0.939. The number of hydrogen-bond acceptors (Lipinski definition) is 2. The molecule has 0 heterocycles. The molecule has 1 aromatic rings. The molecule has 0 aliphatic rings. The fraction of sp³-hybridized carbons (Fsp3) is 0.400. The summed E-state index contributed by atoms with van der Waals surface area (Å²) in [6.07, 6.45) is 3.31. The molecule has 0 saturated carbocycles. The van der Waals surface area contributed by atoms with Gasteiger partial charge in [0.2, 0.25) is 0 Å². The number of benzene rings is 1. The topological polar surface area (TPSA) is 12.0 Å². The molecule has 0 radical (unpaired) electrons. The molecule has 0 aliphatic carbocycles. The largest absolute Gasteiger partial charge is 0.385 e. The van der Waals surface area contributed by atoms with E-state index < -0.39 is 0 Å². The van der Waals surface area contributed by atoms with E-state index in [2.05, 4.69) is 27.5 Å². The Kier molecular flexibility index (Phi) is 5.75. The summed E-state index contributed by atoms with van der Waals surface area (Å²) in [7, 11) is 0. The Morgan fingerprint density at radius 2 is 2.29 bits per heavy atom. The van der Waals surface area contributed by atoms with Gasteiger partial charge in [-0.15, -0.1) is 0 Å². The van der Waals surface area contributed by atoms with Crippen LogP contribution < -0.4 is 5.32 Å². The summed E-state index contributed by atoms with van der Waals surface area (Å²) >= 11 is 11.2. The molecule has 14 heavy (non-hydrogen) atoms. The highest BCUT2D eigenvalue weighted by atomic mass is 79.9. The van der Waals surface area contributed by atoms with Crippen LogP contribution in [-0.4, -0.2) is 18.6 Å². The first-order valence-corrected chi connectivity index (χ1v) is 6.98. The minimum absolute atomic E-state index is 0.750. The zero-order valence-corrected chi connectivity index (χ0v) is 11.2. The average Bonchev–Trinajstić information content (AvgIpc) is 2.18. The van der Waals surface area contributed by atoms with Gasteiger partial charge in [-0.2, -0.15) is 11.8 Å². The standard InChI is InChI=1S/C10H13BrClNS/c1-14-6-2-5-13-8-3-4-10(12)9(11)7-8/h3-4,7,13H,2,5-6H2,1H3. The monoisotopic (exact) mass is 293 g/mol. The molecule has 0 amide bonds. The fourth-order valence-electron chi connectivity index (χ4n) is 1.06. The van der Waals surface area contributed by atoms with Crippen molar-refractivity contribution in [3.8, 4) is 0 Å². The predicted octanol–water partition coefficient (Wildman–Crippen LogP) is 4.27. The fourth-order valence-corrected chi connectivity index (χ4v) is 1.98. The van der Waals surface area contributed by atoms with E-state index in [0.717, 1.165) is 21.7 Å². The molecule has 0 fully saturated rings. The van der Waals surface area contributed by atoms with Gasteiger partial charge in [0.05, 0.1) is 5.02 Å². The van der Waals surface area contributed by atoms with E-state index in [1.165, 1.54) is 12.2 Å². The summed E-state index contributed by atoms with van der Waals surface area (Å²) in [5, 5.41) is 4.10. The second-order valence-corrected chi connectivity index (χ2v) is 5.15. The average molecular weight is 295 g/mol. The quantitative estimate of drug-likeness (QED) is 0.814. The van der Waals surface area contributed by atoms with Gasteiger partial charge in [0.15, 0.2) is 0 Å². The van der Waals surface area contributed by atoms with Gasteiger partial charge in [-0.05, 0) is 52.6 Å². The van der Waals surface area contributed by atoms with E-state index in [9.17, 15) is 0 Å². The lowest BCUT2D eigenvalue weighted by atomic mass is 10.3. The number of nitrogens with one attached hydrogen (secondary N) is 1. The smallest absolute Gasteiger partial charge is 0.0549 e. The van der Waals surface area contributed by atoms with Crippen molar-refractivity contribution < 1.29 is 0 Å². The Morgan fingerprint density at radius 1 is 1.50 bits per heavy atom. The van der Waals surface area contributed by atoms with E-state index in [1.54, 1.807) is 0 Å². The molecule has 0 unspecified atom stereocenters. The van der Waals surface area contributed by atoms with Gasteiger partial charge in [0.1, 0.15) is 0 Å². The number of hydrogen-bond donors (Lipinski definition) is 1. The van der Waals surface area contributed by atoms with Crippen LogP contribution in [0.2, 0.25) is 5.02 Å². The summed E-state index contributed by atoms with van der Waals surface area (Å²) in [6.45, 7) is 1.01. The molecule has 1 nitrogen and oxygen atoms in total. The first-order valence-electron chi connectivity index (χ1n) is 4.42. The van der Waals surface area contributed by atoms with Crippen molar-refractivity contribution in [3.05, 3.63) is 27.7 Å². The van der Waals surface area contributed by atoms with Gasteiger partial charge in [0.25, 0.3) is 0 Å². The zero-order valence-electron chi connectivity index (χ0n) is 8.02. The first-order chi connectivity index (χ1) is 6.74. The Balaban J connectivity index is 2.39. The van der Waals surface area contributed by atoms with Crippen LogP contribution in [0.3, 0.4) is 0 Å². The van der Waals surface area contributed by atoms with Crippen molar-refractivity contribution in [3.63, 3.8) is 0 Å². The van der Waals surface area contributed by atoms with Crippen LogP contribution >= 0.6 is 39.3 Å².